The molecule has 0 unspecified atom stereocenters. The second-order valence-corrected chi connectivity index (χ2v) is 7.42. The normalized spacial score (nSPS) is 10.3. The van der Waals surface area contributed by atoms with E-state index in [1.54, 1.807) is 66.7 Å². The molecule has 0 saturated carbocycles. The van der Waals surface area contributed by atoms with Gasteiger partial charge in [-0.1, -0.05) is 36.0 Å². The van der Waals surface area contributed by atoms with Crippen molar-refractivity contribution in [2.24, 2.45) is 0 Å². The number of halogens is 2. The highest BCUT2D eigenvalue weighted by atomic mass is 32.2. The minimum atomic E-state index is -2.50. The summed E-state index contributed by atoms with van der Waals surface area (Å²) in [6, 6.07) is 21.3. The minimum absolute atomic E-state index is 0.198. The Balaban J connectivity index is 1.62. The molecule has 2 N–H and O–H groups in total. The van der Waals surface area contributed by atoms with Gasteiger partial charge in [0, 0.05) is 10.6 Å². The fourth-order valence-corrected chi connectivity index (χ4v) is 3.23. The minimum Gasteiger partial charge on any atom is -0.452 e. The first-order valence-corrected chi connectivity index (χ1v) is 10.2. The van der Waals surface area contributed by atoms with Crippen LogP contribution in [0.3, 0.4) is 0 Å². The Morgan fingerprint density at radius 1 is 0.969 bits per heavy atom. The molecule has 0 aliphatic rings. The molecule has 0 radical (unpaired) electrons. The van der Waals surface area contributed by atoms with Crippen molar-refractivity contribution in [2.75, 3.05) is 17.2 Å². The van der Waals surface area contributed by atoms with Crippen molar-refractivity contribution >= 4 is 40.7 Å². The van der Waals surface area contributed by atoms with Gasteiger partial charge in [-0.3, -0.25) is 4.79 Å². The van der Waals surface area contributed by atoms with Gasteiger partial charge in [0.2, 0.25) is 0 Å². The van der Waals surface area contributed by atoms with Gasteiger partial charge in [0.25, 0.3) is 11.7 Å². The fraction of sp³-hybridized carbons (Fsp3) is 0.0870. The van der Waals surface area contributed by atoms with E-state index >= 15 is 0 Å². The molecular weight excluding hydrogens is 436 g/mol. The van der Waals surface area contributed by atoms with Crippen LogP contribution in [-0.4, -0.2) is 24.2 Å². The molecule has 0 saturated heterocycles. The number of hydrogen-bond donors (Lipinski definition) is 2. The smallest absolute Gasteiger partial charge is 0.340 e. The van der Waals surface area contributed by atoms with Gasteiger partial charge in [-0.05, 0) is 48.5 Å². The van der Waals surface area contributed by atoms with Crippen molar-refractivity contribution in [2.45, 2.75) is 10.7 Å². The zero-order chi connectivity index (χ0) is 22.9. The lowest BCUT2D eigenvalue weighted by Crippen LogP contribution is -2.21. The molecule has 3 aromatic carbocycles. The van der Waals surface area contributed by atoms with Crippen LogP contribution < -0.4 is 10.6 Å². The zero-order valence-corrected chi connectivity index (χ0v) is 17.4. The molecule has 6 nitrogen and oxygen atoms in total. The largest absolute Gasteiger partial charge is 0.452 e. The molecular formula is C23H17F2N3O3S. The number of carbonyl (C=O) groups is 2. The van der Waals surface area contributed by atoms with Crippen LogP contribution in [0.15, 0.2) is 77.7 Å². The van der Waals surface area contributed by atoms with Gasteiger partial charge in [-0.25, -0.2) is 4.79 Å². The average Bonchev–Trinajstić information content (AvgIpc) is 2.79. The third-order valence-electron chi connectivity index (χ3n) is 4.16. The number of hydrogen-bond acceptors (Lipinski definition) is 6. The fourth-order valence-electron chi connectivity index (χ4n) is 2.73. The van der Waals surface area contributed by atoms with Crippen LogP contribution >= 0.6 is 11.8 Å². The second kappa shape index (κ2) is 10.9. The van der Waals surface area contributed by atoms with Gasteiger partial charge in [-0.15, -0.1) is 0 Å². The van der Waals surface area contributed by atoms with E-state index in [-0.39, 0.29) is 5.56 Å². The monoisotopic (exact) mass is 453 g/mol. The van der Waals surface area contributed by atoms with Crippen molar-refractivity contribution in [3.05, 3.63) is 83.9 Å². The van der Waals surface area contributed by atoms with E-state index in [1.807, 2.05) is 6.07 Å². The molecule has 0 heterocycles. The number of nitriles is 1. The maximum Gasteiger partial charge on any atom is 0.340 e. The number of para-hydroxylation sites is 2. The second-order valence-electron chi connectivity index (χ2n) is 6.36. The highest BCUT2D eigenvalue weighted by molar-refractivity contribution is 7.99. The van der Waals surface area contributed by atoms with Gasteiger partial charge in [0.05, 0.1) is 22.5 Å². The molecule has 1 amide bonds. The molecule has 32 heavy (non-hydrogen) atoms. The topological polar surface area (TPSA) is 91.2 Å². The van der Waals surface area contributed by atoms with Gasteiger partial charge in [0.15, 0.2) is 6.61 Å². The molecule has 3 rings (SSSR count). The van der Waals surface area contributed by atoms with Crippen LogP contribution in [0.2, 0.25) is 0 Å². The third-order valence-corrected chi connectivity index (χ3v) is 4.88. The standard InChI is InChI=1S/C23H17F2N3O3S/c24-23(25)32-17-11-9-16(10-12-17)27-20-8-4-2-6-18(20)22(30)31-14-21(29)28-19-7-3-1-5-15(19)13-26/h1-12,23,27H,14H2,(H,28,29). The van der Waals surface area contributed by atoms with E-state index in [0.717, 1.165) is 0 Å². The first-order chi connectivity index (χ1) is 15.5. The Morgan fingerprint density at radius 3 is 2.31 bits per heavy atom. The van der Waals surface area contributed by atoms with Gasteiger partial charge < -0.3 is 15.4 Å². The van der Waals surface area contributed by atoms with E-state index in [4.69, 9.17) is 10.00 Å². The van der Waals surface area contributed by atoms with Crippen molar-refractivity contribution in [1.29, 1.82) is 5.26 Å². The van der Waals surface area contributed by atoms with Crippen molar-refractivity contribution in [3.8, 4) is 6.07 Å². The summed E-state index contributed by atoms with van der Waals surface area (Å²) in [5.74, 6) is -3.81. The maximum absolute atomic E-state index is 12.5. The molecule has 0 atom stereocenters. The molecule has 9 heteroatoms. The first kappa shape index (κ1) is 22.8. The number of ether oxygens (including phenoxy) is 1. The maximum atomic E-state index is 12.5. The predicted molar refractivity (Wildman–Crippen MR) is 118 cm³/mol. The quantitative estimate of drug-likeness (QED) is 0.350. The van der Waals surface area contributed by atoms with Crippen molar-refractivity contribution < 1.29 is 23.1 Å². The zero-order valence-electron chi connectivity index (χ0n) is 16.5. The lowest BCUT2D eigenvalue weighted by atomic mass is 10.1. The molecule has 162 valence electrons. The summed E-state index contributed by atoms with van der Waals surface area (Å²) >= 11 is 0.443. The summed E-state index contributed by atoms with van der Waals surface area (Å²) in [5.41, 5.74) is 1.84. The van der Waals surface area contributed by atoms with E-state index in [1.165, 1.54) is 6.07 Å². The lowest BCUT2D eigenvalue weighted by Gasteiger charge is -2.12. The summed E-state index contributed by atoms with van der Waals surface area (Å²) in [6.45, 7) is -0.535. The number of amides is 1. The molecule has 0 aliphatic heterocycles. The van der Waals surface area contributed by atoms with E-state index in [2.05, 4.69) is 10.6 Å². The predicted octanol–water partition coefficient (Wildman–Crippen LogP) is 5.41. The summed E-state index contributed by atoms with van der Waals surface area (Å²) in [6.07, 6.45) is 0. The number of carbonyl (C=O) groups excluding carboxylic acids is 2. The van der Waals surface area contributed by atoms with Crippen molar-refractivity contribution in [3.63, 3.8) is 0 Å². The molecule has 0 fully saturated rings. The Hall–Kier alpha value is -3.90. The number of anilines is 3. The number of benzene rings is 3. The molecule has 0 spiro atoms. The van der Waals surface area contributed by atoms with E-state index < -0.39 is 24.2 Å². The van der Waals surface area contributed by atoms with Crippen molar-refractivity contribution in [1.82, 2.24) is 0 Å². The highest BCUT2D eigenvalue weighted by Gasteiger charge is 2.15. The van der Waals surface area contributed by atoms with Crippen LogP contribution in [0.4, 0.5) is 25.8 Å². The summed E-state index contributed by atoms with van der Waals surface area (Å²) < 4.78 is 30.0. The van der Waals surface area contributed by atoms with Crippen LogP contribution in [0, 0.1) is 11.3 Å². The summed E-state index contributed by atoms with van der Waals surface area (Å²) in [5, 5.41) is 14.6. The summed E-state index contributed by atoms with van der Waals surface area (Å²) in [7, 11) is 0. The molecule has 3 aromatic rings. The molecule has 0 bridgehead atoms. The van der Waals surface area contributed by atoms with Crippen LogP contribution in [0.25, 0.3) is 0 Å². The first-order valence-electron chi connectivity index (χ1n) is 9.33. The number of nitrogens with zero attached hydrogens (tertiary/aromatic N) is 1. The Morgan fingerprint density at radius 2 is 1.62 bits per heavy atom. The van der Waals surface area contributed by atoms with Gasteiger partial charge in [-0.2, -0.15) is 14.0 Å². The molecule has 0 aromatic heterocycles. The number of esters is 1. The number of thioether (sulfide) groups is 1. The SMILES string of the molecule is N#Cc1ccccc1NC(=O)COC(=O)c1ccccc1Nc1ccc(SC(F)F)cc1. The lowest BCUT2D eigenvalue weighted by molar-refractivity contribution is -0.119. The number of nitrogens with one attached hydrogen (secondary N) is 2. The molecule has 0 aliphatic carbocycles. The highest BCUT2D eigenvalue weighted by Crippen LogP contribution is 2.28. The Labute approximate surface area is 187 Å². The van der Waals surface area contributed by atoms with E-state index in [0.29, 0.717) is 39.3 Å². The third kappa shape index (κ3) is 6.30. The Kier molecular flexibility index (Phi) is 7.78. The number of rotatable bonds is 8. The van der Waals surface area contributed by atoms with E-state index in [9.17, 15) is 18.4 Å². The van der Waals surface area contributed by atoms with Gasteiger partial charge >= 0.3 is 5.97 Å². The van der Waals surface area contributed by atoms with Crippen LogP contribution in [-0.2, 0) is 9.53 Å². The van der Waals surface area contributed by atoms with Crippen LogP contribution in [0.5, 0.6) is 0 Å². The average molecular weight is 453 g/mol. The Bertz CT molecular complexity index is 1150. The van der Waals surface area contributed by atoms with Crippen LogP contribution in [0.1, 0.15) is 15.9 Å². The van der Waals surface area contributed by atoms with Gasteiger partial charge in [0.1, 0.15) is 6.07 Å². The number of alkyl halides is 2. The summed E-state index contributed by atoms with van der Waals surface area (Å²) in [4.78, 5) is 25.1.